The normalized spacial score (nSPS) is 15.2. The molecule has 31 heavy (non-hydrogen) atoms. The van der Waals surface area contributed by atoms with E-state index >= 15 is 0 Å². The number of hydrogen-bond acceptors (Lipinski definition) is 3. The predicted octanol–water partition coefficient (Wildman–Crippen LogP) is 4.51. The van der Waals surface area contributed by atoms with Gasteiger partial charge in [0.1, 0.15) is 0 Å². The van der Waals surface area contributed by atoms with E-state index in [2.05, 4.69) is 22.3 Å². The Kier molecular flexibility index (Phi) is 5.01. The van der Waals surface area contributed by atoms with Crippen molar-refractivity contribution in [3.63, 3.8) is 0 Å². The first-order chi connectivity index (χ1) is 14.6. The molecule has 2 heterocycles. The van der Waals surface area contributed by atoms with E-state index in [1.165, 1.54) is 9.69 Å². The van der Waals surface area contributed by atoms with E-state index in [-0.39, 0.29) is 11.5 Å². The molecule has 0 fully saturated rings. The first-order valence-corrected chi connectivity index (χ1v) is 10.2. The van der Waals surface area contributed by atoms with Crippen LogP contribution in [-0.2, 0) is 4.79 Å². The van der Waals surface area contributed by atoms with Gasteiger partial charge in [-0.05, 0) is 94.1 Å². The van der Waals surface area contributed by atoms with Crippen molar-refractivity contribution in [1.29, 1.82) is 0 Å². The number of aromatic amines is 1. The molecule has 1 aromatic heterocycles. The summed E-state index contributed by atoms with van der Waals surface area (Å²) in [7, 11) is 0. The van der Waals surface area contributed by atoms with E-state index in [0.29, 0.717) is 22.5 Å². The summed E-state index contributed by atoms with van der Waals surface area (Å²) >= 11 is 0. The van der Waals surface area contributed by atoms with Gasteiger partial charge in [0.15, 0.2) is 0 Å². The van der Waals surface area contributed by atoms with Gasteiger partial charge in [-0.2, -0.15) is 10.1 Å². The maximum absolute atomic E-state index is 13.2. The number of hydrogen-bond donors (Lipinski definition) is 1. The Bertz CT molecular complexity index is 1300. The minimum absolute atomic E-state index is 0.194. The Labute approximate surface area is 181 Å². The third-order valence-corrected chi connectivity index (χ3v) is 5.38. The van der Waals surface area contributed by atoms with Crippen molar-refractivity contribution in [3.8, 4) is 5.69 Å². The average molecular weight is 415 g/mol. The van der Waals surface area contributed by atoms with Gasteiger partial charge in [-0.15, -0.1) is 0 Å². The molecule has 1 N–H and O–H groups in total. The minimum Gasteiger partial charge on any atom is -0.295 e. The number of aromatic nitrogens is 2. The summed E-state index contributed by atoms with van der Waals surface area (Å²) in [5, 5.41) is 9.01. The fraction of sp³-hybridized carbons (Fsp3) is 0.240. The summed E-state index contributed by atoms with van der Waals surface area (Å²) < 4.78 is 1.52. The Morgan fingerprint density at radius 1 is 0.774 bits per heavy atom. The number of H-pyrrole nitrogens is 1. The number of amides is 1. The molecule has 0 saturated heterocycles. The largest absolute Gasteiger partial charge is 0.295 e. The second kappa shape index (κ2) is 7.54. The molecule has 6 nitrogen and oxygen atoms in total. The molecule has 2 aromatic carbocycles. The number of carbonyl (C=O) groups excluding carboxylic acids is 1. The van der Waals surface area contributed by atoms with Gasteiger partial charge < -0.3 is 0 Å². The summed E-state index contributed by atoms with van der Waals surface area (Å²) in [5.41, 5.74) is 7.74. The molecule has 6 heteroatoms. The lowest BCUT2D eigenvalue weighted by molar-refractivity contribution is -0.114. The van der Waals surface area contributed by atoms with Crippen LogP contribution in [0.4, 0.5) is 5.69 Å². The molecule has 0 atom stereocenters. The zero-order valence-electron chi connectivity index (χ0n) is 18.7. The number of hydrazone groups is 1. The van der Waals surface area contributed by atoms with E-state index in [1.54, 1.807) is 13.0 Å². The lowest BCUT2D eigenvalue weighted by Gasteiger charge is -2.13. The van der Waals surface area contributed by atoms with Gasteiger partial charge in [0.2, 0.25) is 0 Å². The number of benzene rings is 2. The first kappa shape index (κ1) is 20.6. The van der Waals surface area contributed by atoms with Crippen LogP contribution in [0.3, 0.4) is 0 Å². The first-order valence-electron chi connectivity index (χ1n) is 10.2. The number of rotatable bonds is 3. The molecule has 3 aromatic rings. The summed E-state index contributed by atoms with van der Waals surface area (Å²) in [6.45, 7) is 11.6. The third kappa shape index (κ3) is 3.77. The van der Waals surface area contributed by atoms with Crippen molar-refractivity contribution in [3.05, 3.63) is 85.8 Å². The topological polar surface area (TPSA) is 70.5 Å². The minimum atomic E-state index is -0.236. The Balaban J connectivity index is 1.76. The smallest absolute Gasteiger partial charge is 0.280 e. The summed E-state index contributed by atoms with van der Waals surface area (Å²) in [5.74, 6) is -0.236. The molecule has 0 saturated carbocycles. The van der Waals surface area contributed by atoms with Crippen molar-refractivity contribution in [2.24, 2.45) is 5.10 Å². The highest BCUT2D eigenvalue weighted by Crippen LogP contribution is 2.27. The molecule has 0 unspecified atom stereocenters. The second-order valence-electron chi connectivity index (χ2n) is 8.34. The molecule has 1 aliphatic heterocycles. The van der Waals surface area contributed by atoms with Crippen LogP contribution in [0.5, 0.6) is 0 Å². The van der Waals surface area contributed by atoms with Gasteiger partial charge in [0, 0.05) is 5.69 Å². The Morgan fingerprint density at radius 2 is 1.29 bits per heavy atom. The van der Waals surface area contributed by atoms with Crippen molar-refractivity contribution in [1.82, 2.24) is 9.78 Å². The molecule has 0 spiro atoms. The van der Waals surface area contributed by atoms with Crippen LogP contribution in [-0.4, -0.2) is 21.4 Å². The molecular weight excluding hydrogens is 388 g/mol. The maximum atomic E-state index is 13.2. The van der Waals surface area contributed by atoms with Crippen LogP contribution in [0.25, 0.3) is 11.8 Å². The highest BCUT2D eigenvalue weighted by atomic mass is 16.2. The SMILES string of the molecule is CC1=NN(c2cc(C)cc(C)c2)C(=O)/C1=C\c1c(C)[nH]n(-c2cc(C)cc(C)c2)c1=O. The van der Waals surface area contributed by atoms with Gasteiger partial charge in [0.25, 0.3) is 11.5 Å². The van der Waals surface area contributed by atoms with Crippen molar-refractivity contribution >= 4 is 23.4 Å². The number of nitrogens with zero attached hydrogens (tertiary/aromatic N) is 3. The maximum Gasteiger partial charge on any atom is 0.280 e. The highest BCUT2D eigenvalue weighted by molar-refractivity contribution is 6.32. The average Bonchev–Trinajstić information content (AvgIpc) is 3.11. The molecule has 0 aliphatic carbocycles. The standard InChI is InChI=1S/C25H26N4O2/c1-14-7-15(2)10-20(9-14)28-24(30)22(18(5)26-28)13-23-19(6)27-29(25(23)31)21-11-16(3)8-17(4)12-21/h7-13,26H,1-6H3/b23-13-. The molecule has 0 bridgehead atoms. The fourth-order valence-electron chi connectivity index (χ4n) is 4.07. The lowest BCUT2D eigenvalue weighted by Crippen LogP contribution is -2.22. The number of aryl methyl sites for hydroxylation is 5. The number of carbonyl (C=O) groups is 1. The van der Waals surface area contributed by atoms with Gasteiger partial charge in [0.05, 0.1) is 28.2 Å². The quantitative estimate of drug-likeness (QED) is 0.641. The summed E-state index contributed by atoms with van der Waals surface area (Å²) in [4.78, 5) is 26.3. The zero-order chi connectivity index (χ0) is 22.4. The Hall–Kier alpha value is -3.67. The van der Waals surface area contributed by atoms with Crippen LogP contribution in [0.15, 0.2) is 51.9 Å². The van der Waals surface area contributed by atoms with Gasteiger partial charge in [-0.1, -0.05) is 12.1 Å². The highest BCUT2D eigenvalue weighted by Gasteiger charge is 2.29. The molecule has 4 rings (SSSR count). The van der Waals surface area contributed by atoms with E-state index < -0.39 is 0 Å². The van der Waals surface area contributed by atoms with Gasteiger partial charge in [-0.3, -0.25) is 14.7 Å². The molecule has 158 valence electrons. The second-order valence-corrected chi connectivity index (χ2v) is 8.34. The molecule has 1 amide bonds. The Morgan fingerprint density at radius 3 is 1.84 bits per heavy atom. The molecule has 1 aliphatic rings. The monoisotopic (exact) mass is 414 g/mol. The van der Waals surface area contributed by atoms with E-state index in [1.807, 2.05) is 58.9 Å². The van der Waals surface area contributed by atoms with Crippen LogP contribution >= 0.6 is 0 Å². The van der Waals surface area contributed by atoms with Crippen LogP contribution in [0.2, 0.25) is 0 Å². The fourth-order valence-corrected chi connectivity index (χ4v) is 4.07. The summed E-state index contributed by atoms with van der Waals surface area (Å²) in [6.07, 6.45) is 1.65. The van der Waals surface area contributed by atoms with E-state index in [9.17, 15) is 9.59 Å². The van der Waals surface area contributed by atoms with Crippen LogP contribution < -0.4 is 10.6 Å². The van der Waals surface area contributed by atoms with E-state index in [4.69, 9.17) is 0 Å². The van der Waals surface area contributed by atoms with Gasteiger partial charge in [-0.25, -0.2) is 4.68 Å². The molecule has 0 radical (unpaired) electrons. The summed E-state index contributed by atoms with van der Waals surface area (Å²) in [6, 6.07) is 11.9. The van der Waals surface area contributed by atoms with Gasteiger partial charge >= 0.3 is 0 Å². The molecular formula is C25H26N4O2. The van der Waals surface area contributed by atoms with Crippen molar-refractivity contribution < 1.29 is 4.79 Å². The lowest BCUT2D eigenvalue weighted by atomic mass is 10.1. The predicted molar refractivity (Wildman–Crippen MR) is 125 cm³/mol. The number of anilines is 1. The van der Waals surface area contributed by atoms with Crippen molar-refractivity contribution in [2.45, 2.75) is 41.5 Å². The zero-order valence-corrected chi connectivity index (χ0v) is 18.7. The van der Waals surface area contributed by atoms with E-state index in [0.717, 1.165) is 33.6 Å². The van der Waals surface area contributed by atoms with Crippen LogP contribution in [0, 0.1) is 34.6 Å². The third-order valence-electron chi connectivity index (χ3n) is 5.38. The van der Waals surface area contributed by atoms with Crippen LogP contribution in [0.1, 0.15) is 40.4 Å². The number of nitrogens with one attached hydrogen (secondary N) is 1. The van der Waals surface area contributed by atoms with Crippen molar-refractivity contribution in [2.75, 3.05) is 5.01 Å².